The highest BCUT2D eigenvalue weighted by atomic mass is 35.5. The Morgan fingerprint density at radius 1 is 0.386 bits per heavy atom. The van der Waals surface area contributed by atoms with Gasteiger partial charge in [-0.2, -0.15) is 0 Å². The van der Waals surface area contributed by atoms with E-state index in [1.807, 2.05) is 0 Å². The number of hydrogen-bond donors (Lipinski definition) is 0. The minimum absolute atomic E-state index is 0.242. The molecule has 258 valence electrons. The Labute approximate surface area is 267 Å². The summed E-state index contributed by atoms with van der Waals surface area (Å²) in [5.41, 5.74) is 0. The van der Waals surface area contributed by atoms with Gasteiger partial charge in [0.15, 0.2) is 0 Å². The van der Waals surface area contributed by atoms with Crippen LogP contribution in [0.5, 0.6) is 0 Å². The molecule has 0 saturated heterocycles. The molecule has 1 aliphatic rings. The van der Waals surface area contributed by atoms with Crippen LogP contribution in [0, 0.1) is 0 Å². The van der Waals surface area contributed by atoms with Crippen molar-refractivity contribution in [2.45, 2.75) is 25.7 Å². The fourth-order valence-electron chi connectivity index (χ4n) is 3.54. The number of carbonyl (C=O) groups excluding carboxylic acids is 2. The van der Waals surface area contributed by atoms with E-state index in [2.05, 4.69) is 0 Å². The molecule has 1 heterocycles. The molecule has 0 unspecified atom stereocenters. The summed E-state index contributed by atoms with van der Waals surface area (Å²) in [6.07, 6.45) is 6.99. The van der Waals surface area contributed by atoms with Gasteiger partial charge in [-0.1, -0.05) is 12.8 Å². The molecule has 1 rings (SSSR count). The van der Waals surface area contributed by atoms with E-state index in [0.717, 1.165) is 36.6 Å². The molecule has 0 aromatic rings. The summed E-state index contributed by atoms with van der Waals surface area (Å²) >= 11 is 5.65. The number of carbonyl (C=O) groups is 2. The number of rotatable bonds is 36. The topological polar surface area (TPSA) is 130 Å². The smallest absolute Gasteiger partial charge is 0.253 e. The van der Waals surface area contributed by atoms with Crippen LogP contribution >= 0.6 is 11.6 Å². The quantitative estimate of drug-likeness (QED) is 0.0555. The lowest BCUT2D eigenvalue weighted by molar-refractivity contribution is -0.137. The first-order valence-corrected chi connectivity index (χ1v) is 16.2. The van der Waals surface area contributed by atoms with Gasteiger partial charge in [0.1, 0.15) is 0 Å². The molecule has 14 heteroatoms. The van der Waals surface area contributed by atoms with E-state index < -0.39 is 0 Å². The van der Waals surface area contributed by atoms with Crippen LogP contribution < -0.4 is 0 Å². The summed E-state index contributed by atoms with van der Waals surface area (Å²) in [6.45, 7) is 10.2. The van der Waals surface area contributed by atoms with Crippen molar-refractivity contribution in [2.24, 2.45) is 0 Å². The second-order valence-electron chi connectivity index (χ2n) is 9.39. The second-order valence-corrected chi connectivity index (χ2v) is 9.77. The third-order valence-electron chi connectivity index (χ3n) is 5.88. The van der Waals surface area contributed by atoms with Gasteiger partial charge < -0.3 is 47.4 Å². The number of alkyl halides is 1. The normalized spacial score (nSPS) is 13.2. The first kappa shape index (κ1) is 40.8. The Morgan fingerprint density at radius 2 is 0.659 bits per heavy atom. The third kappa shape index (κ3) is 27.1. The lowest BCUT2D eigenvalue weighted by Gasteiger charge is -2.13. The number of hydrogen-bond acceptors (Lipinski definition) is 12. The van der Waals surface area contributed by atoms with Gasteiger partial charge >= 0.3 is 0 Å². The number of nitrogens with zero attached hydrogens (tertiary/aromatic N) is 1. The minimum atomic E-state index is -0.305. The van der Waals surface area contributed by atoms with Crippen molar-refractivity contribution in [3.05, 3.63) is 12.2 Å². The zero-order chi connectivity index (χ0) is 31.6. The van der Waals surface area contributed by atoms with Gasteiger partial charge in [-0.3, -0.25) is 14.5 Å². The average molecular weight is 656 g/mol. The van der Waals surface area contributed by atoms with Gasteiger partial charge in [0, 0.05) is 24.6 Å². The van der Waals surface area contributed by atoms with Crippen LogP contribution in [0.2, 0.25) is 0 Å². The van der Waals surface area contributed by atoms with E-state index in [9.17, 15) is 9.59 Å². The van der Waals surface area contributed by atoms with Gasteiger partial charge in [-0.25, -0.2) is 0 Å². The zero-order valence-corrected chi connectivity index (χ0v) is 27.0. The summed E-state index contributed by atoms with van der Waals surface area (Å²) in [4.78, 5) is 23.9. The minimum Gasteiger partial charge on any atom is -0.379 e. The predicted octanol–water partition coefficient (Wildman–Crippen LogP) is 1.88. The second kappa shape index (κ2) is 33.1. The average Bonchev–Trinajstić information content (AvgIpc) is 3.35. The summed E-state index contributed by atoms with van der Waals surface area (Å²) < 4.78 is 54.5. The molecule has 0 spiro atoms. The van der Waals surface area contributed by atoms with Crippen molar-refractivity contribution in [1.82, 2.24) is 4.90 Å². The molecule has 0 atom stereocenters. The Balaban J connectivity index is 1.62. The molecule has 0 aromatic heterocycles. The van der Waals surface area contributed by atoms with E-state index in [0.29, 0.717) is 119 Å². The highest BCUT2D eigenvalue weighted by molar-refractivity contribution is 6.17. The highest BCUT2D eigenvalue weighted by Gasteiger charge is 2.22. The lowest BCUT2D eigenvalue weighted by atomic mass is 10.2. The van der Waals surface area contributed by atoms with Crippen LogP contribution in [0.3, 0.4) is 0 Å². The predicted molar refractivity (Wildman–Crippen MR) is 163 cm³/mol. The van der Waals surface area contributed by atoms with Gasteiger partial charge in [0.05, 0.1) is 132 Å². The third-order valence-corrected chi connectivity index (χ3v) is 6.15. The molecule has 0 bridgehead atoms. The maximum absolute atomic E-state index is 11.4. The molecule has 0 N–H and O–H groups in total. The molecular weight excluding hydrogens is 602 g/mol. The molecule has 1 aliphatic heterocycles. The molecule has 2 amide bonds. The van der Waals surface area contributed by atoms with Crippen LogP contribution in [-0.4, -0.2) is 161 Å². The summed E-state index contributed by atoms with van der Waals surface area (Å²) in [6, 6.07) is 0. The van der Waals surface area contributed by atoms with E-state index >= 15 is 0 Å². The van der Waals surface area contributed by atoms with E-state index in [1.54, 1.807) is 0 Å². The van der Waals surface area contributed by atoms with Crippen LogP contribution in [-0.2, 0) is 57.0 Å². The van der Waals surface area contributed by atoms with Crippen LogP contribution in [0.25, 0.3) is 0 Å². The number of unbranched alkanes of at least 4 members (excludes halogenated alkanes) is 3. The summed E-state index contributed by atoms with van der Waals surface area (Å²) in [7, 11) is 0. The Hall–Kier alpha value is -1.23. The Kier molecular flexibility index (Phi) is 30.7. The fourth-order valence-corrected chi connectivity index (χ4v) is 3.73. The van der Waals surface area contributed by atoms with E-state index in [1.165, 1.54) is 18.6 Å². The summed E-state index contributed by atoms with van der Waals surface area (Å²) in [5, 5.41) is 0. The lowest BCUT2D eigenvalue weighted by Crippen LogP contribution is -2.33. The van der Waals surface area contributed by atoms with Gasteiger partial charge in [0.25, 0.3) is 11.8 Å². The Bertz CT molecular complexity index is 670. The first-order valence-electron chi connectivity index (χ1n) is 15.6. The van der Waals surface area contributed by atoms with Crippen molar-refractivity contribution in [2.75, 3.05) is 145 Å². The molecule has 0 aromatic carbocycles. The number of imide groups is 1. The molecule has 44 heavy (non-hydrogen) atoms. The zero-order valence-electron chi connectivity index (χ0n) is 26.3. The highest BCUT2D eigenvalue weighted by Crippen LogP contribution is 2.02. The molecule has 0 saturated carbocycles. The van der Waals surface area contributed by atoms with Crippen molar-refractivity contribution in [1.29, 1.82) is 0 Å². The maximum Gasteiger partial charge on any atom is 0.253 e. The van der Waals surface area contributed by atoms with E-state index in [-0.39, 0.29) is 25.0 Å². The molecular formula is C30H54ClNO12. The van der Waals surface area contributed by atoms with Crippen molar-refractivity contribution >= 4 is 23.4 Å². The van der Waals surface area contributed by atoms with Crippen LogP contribution in [0.15, 0.2) is 12.2 Å². The van der Waals surface area contributed by atoms with E-state index in [4.69, 9.17) is 59.0 Å². The largest absolute Gasteiger partial charge is 0.379 e. The Morgan fingerprint density at radius 3 is 0.977 bits per heavy atom. The molecule has 0 aliphatic carbocycles. The molecule has 13 nitrogen and oxygen atoms in total. The standard InChI is InChI=1S/C30H54ClNO12/c31-7-3-1-2-4-9-35-11-13-37-15-17-39-19-21-41-23-25-43-27-28-44-26-24-42-22-20-40-18-16-38-14-12-36-10-8-32-29(33)5-6-30(32)34/h5-6H,1-4,7-28H2. The van der Waals surface area contributed by atoms with Crippen LogP contribution in [0.1, 0.15) is 25.7 Å². The SMILES string of the molecule is O=C1C=CC(=O)N1CCOCCOCCOCCOCCOCCOCCOCCOCCOCCOCCCCCCCl. The maximum atomic E-state index is 11.4. The monoisotopic (exact) mass is 655 g/mol. The van der Waals surface area contributed by atoms with Crippen molar-refractivity contribution in [3.63, 3.8) is 0 Å². The van der Waals surface area contributed by atoms with Gasteiger partial charge in [-0.15, -0.1) is 11.6 Å². The first-order chi connectivity index (χ1) is 21.8. The summed E-state index contributed by atoms with van der Waals surface area (Å²) in [5.74, 6) is 0.129. The molecule has 0 fully saturated rings. The van der Waals surface area contributed by atoms with Gasteiger partial charge in [-0.05, 0) is 12.8 Å². The van der Waals surface area contributed by atoms with Gasteiger partial charge in [0.2, 0.25) is 0 Å². The van der Waals surface area contributed by atoms with Crippen molar-refractivity contribution in [3.8, 4) is 0 Å². The molecule has 0 radical (unpaired) electrons. The van der Waals surface area contributed by atoms with Crippen LogP contribution in [0.4, 0.5) is 0 Å². The number of ether oxygens (including phenoxy) is 10. The number of amides is 2. The van der Waals surface area contributed by atoms with Crippen molar-refractivity contribution < 1.29 is 57.0 Å². The number of halogens is 1. The fraction of sp³-hybridized carbons (Fsp3) is 0.867.